The van der Waals surface area contributed by atoms with E-state index >= 15 is 0 Å². The van der Waals surface area contributed by atoms with Crippen molar-refractivity contribution in [1.82, 2.24) is 0 Å². The first kappa shape index (κ1) is 18.1. The van der Waals surface area contributed by atoms with Crippen molar-refractivity contribution in [2.75, 3.05) is 5.32 Å². The summed E-state index contributed by atoms with van der Waals surface area (Å²) < 4.78 is 5.20. The molecule has 0 aliphatic carbocycles. The summed E-state index contributed by atoms with van der Waals surface area (Å²) >= 11 is 0. The number of ether oxygens (including phenoxy) is 1. The summed E-state index contributed by atoms with van der Waals surface area (Å²) in [6.45, 7) is 1.41. The second kappa shape index (κ2) is 7.65. The van der Waals surface area contributed by atoms with Gasteiger partial charge >= 0.3 is 5.97 Å². The van der Waals surface area contributed by atoms with E-state index in [2.05, 4.69) is 5.32 Å². The lowest BCUT2D eigenvalue weighted by Crippen LogP contribution is -2.30. The molecule has 0 saturated carbocycles. The fourth-order valence-electron chi connectivity index (χ4n) is 2.57. The third-order valence-electron chi connectivity index (χ3n) is 4.00. The van der Waals surface area contributed by atoms with E-state index in [1.54, 1.807) is 24.3 Å². The number of anilines is 1. The first-order valence-corrected chi connectivity index (χ1v) is 8.20. The Balaban J connectivity index is 1.70. The molecule has 0 aromatic heterocycles. The highest BCUT2D eigenvalue weighted by Crippen LogP contribution is 2.23. The lowest BCUT2D eigenvalue weighted by Gasteiger charge is -2.14. The molecule has 1 N–H and O–H groups in total. The number of carbonyl (C=O) groups excluding carboxylic acids is 2. The van der Waals surface area contributed by atoms with Crippen LogP contribution < -0.4 is 5.32 Å². The van der Waals surface area contributed by atoms with Crippen LogP contribution in [-0.2, 0) is 9.53 Å². The topological polar surface area (TPSA) is 98.5 Å². The summed E-state index contributed by atoms with van der Waals surface area (Å²) in [6, 6.07) is 18.4. The lowest BCUT2D eigenvalue weighted by molar-refractivity contribution is -0.383. The van der Waals surface area contributed by atoms with Crippen molar-refractivity contribution >= 4 is 34.0 Å². The summed E-state index contributed by atoms with van der Waals surface area (Å²) in [6.07, 6.45) is -1.12. The largest absolute Gasteiger partial charge is 0.449 e. The molecule has 0 heterocycles. The Bertz CT molecular complexity index is 1030. The molecular weight excluding hydrogens is 348 g/mol. The van der Waals surface area contributed by atoms with Crippen LogP contribution in [0, 0.1) is 10.1 Å². The van der Waals surface area contributed by atoms with E-state index in [1.807, 2.05) is 24.3 Å². The molecule has 0 aliphatic heterocycles. The molecule has 1 amide bonds. The number of hydrogen-bond acceptors (Lipinski definition) is 5. The van der Waals surface area contributed by atoms with Crippen molar-refractivity contribution in [3.63, 3.8) is 0 Å². The minimum absolute atomic E-state index is 0.0427. The zero-order valence-corrected chi connectivity index (χ0v) is 14.4. The van der Waals surface area contributed by atoms with Crippen LogP contribution in [0.25, 0.3) is 10.8 Å². The van der Waals surface area contributed by atoms with E-state index in [4.69, 9.17) is 4.74 Å². The highest BCUT2D eigenvalue weighted by molar-refractivity contribution is 6.00. The molecule has 1 atom stereocenters. The minimum atomic E-state index is -1.12. The third-order valence-corrected chi connectivity index (χ3v) is 4.00. The summed E-state index contributed by atoms with van der Waals surface area (Å²) in [4.78, 5) is 35.0. The van der Waals surface area contributed by atoms with Crippen molar-refractivity contribution in [2.45, 2.75) is 13.0 Å². The Kier molecular flexibility index (Phi) is 5.12. The number of para-hydroxylation sites is 2. The van der Waals surface area contributed by atoms with Crippen LogP contribution in [0.15, 0.2) is 66.7 Å². The molecule has 0 saturated heterocycles. The van der Waals surface area contributed by atoms with Crippen molar-refractivity contribution in [3.8, 4) is 0 Å². The summed E-state index contributed by atoms with van der Waals surface area (Å²) in [7, 11) is 0. The highest BCUT2D eigenvalue weighted by Gasteiger charge is 2.22. The van der Waals surface area contributed by atoms with Gasteiger partial charge in [-0.25, -0.2) is 4.79 Å². The average Bonchev–Trinajstić information content (AvgIpc) is 2.67. The van der Waals surface area contributed by atoms with E-state index in [9.17, 15) is 19.7 Å². The fourth-order valence-corrected chi connectivity index (χ4v) is 2.57. The smallest absolute Gasteiger partial charge is 0.338 e. The summed E-state index contributed by atoms with van der Waals surface area (Å²) in [5.74, 6) is -1.30. The number of esters is 1. The standard InChI is InChI=1S/C20H16N2O5/c1-13(19(23)21-17-8-4-5-9-18(17)22(25)26)27-20(24)16-11-10-14-6-2-3-7-15(14)12-16/h2-13H,1H3,(H,21,23). The summed E-state index contributed by atoms with van der Waals surface area (Å²) in [5, 5.41) is 15.3. The zero-order chi connectivity index (χ0) is 19.4. The number of nitro benzene ring substituents is 1. The zero-order valence-electron chi connectivity index (χ0n) is 14.4. The maximum Gasteiger partial charge on any atom is 0.338 e. The minimum Gasteiger partial charge on any atom is -0.449 e. The molecule has 0 radical (unpaired) electrons. The maximum absolute atomic E-state index is 12.3. The molecule has 27 heavy (non-hydrogen) atoms. The Morgan fingerprint density at radius 1 is 1.00 bits per heavy atom. The first-order valence-electron chi connectivity index (χ1n) is 8.20. The average molecular weight is 364 g/mol. The number of fused-ring (bicyclic) bond motifs is 1. The number of nitro groups is 1. The molecule has 7 heteroatoms. The predicted molar refractivity (Wildman–Crippen MR) is 101 cm³/mol. The highest BCUT2D eigenvalue weighted by atomic mass is 16.6. The Hall–Kier alpha value is -3.74. The van der Waals surface area contributed by atoms with Crippen LogP contribution in [-0.4, -0.2) is 22.9 Å². The Morgan fingerprint density at radius 3 is 2.41 bits per heavy atom. The molecule has 3 aromatic carbocycles. The van der Waals surface area contributed by atoms with Gasteiger partial charge in [0.25, 0.3) is 11.6 Å². The van der Waals surface area contributed by atoms with Crippen LogP contribution in [0.2, 0.25) is 0 Å². The third kappa shape index (κ3) is 4.09. The molecule has 7 nitrogen and oxygen atoms in total. The van der Waals surface area contributed by atoms with Crippen LogP contribution in [0.4, 0.5) is 11.4 Å². The van der Waals surface area contributed by atoms with Crippen LogP contribution in [0.5, 0.6) is 0 Å². The van der Waals surface area contributed by atoms with E-state index in [1.165, 1.54) is 25.1 Å². The molecular formula is C20H16N2O5. The van der Waals surface area contributed by atoms with E-state index < -0.39 is 22.9 Å². The van der Waals surface area contributed by atoms with Gasteiger partial charge < -0.3 is 10.1 Å². The van der Waals surface area contributed by atoms with E-state index in [0.29, 0.717) is 5.56 Å². The predicted octanol–water partition coefficient (Wildman–Crippen LogP) is 3.93. The molecule has 0 bridgehead atoms. The number of rotatable bonds is 5. The van der Waals surface area contributed by atoms with Gasteiger partial charge in [-0.05, 0) is 35.9 Å². The van der Waals surface area contributed by atoms with Crippen LogP contribution in [0.3, 0.4) is 0 Å². The fraction of sp³-hybridized carbons (Fsp3) is 0.100. The Labute approximate surface area is 154 Å². The van der Waals surface area contributed by atoms with Crippen molar-refractivity contribution in [1.29, 1.82) is 0 Å². The van der Waals surface area contributed by atoms with Gasteiger partial charge in [-0.3, -0.25) is 14.9 Å². The monoisotopic (exact) mass is 364 g/mol. The van der Waals surface area contributed by atoms with Crippen molar-refractivity contribution < 1.29 is 19.2 Å². The van der Waals surface area contributed by atoms with Gasteiger partial charge in [0.1, 0.15) is 5.69 Å². The Morgan fingerprint density at radius 2 is 1.67 bits per heavy atom. The molecule has 3 rings (SSSR count). The van der Waals surface area contributed by atoms with Gasteiger partial charge in [-0.1, -0.05) is 42.5 Å². The number of carbonyl (C=O) groups is 2. The first-order chi connectivity index (χ1) is 13.0. The number of nitrogens with one attached hydrogen (secondary N) is 1. The van der Waals surface area contributed by atoms with Crippen LogP contribution in [0.1, 0.15) is 17.3 Å². The SMILES string of the molecule is CC(OC(=O)c1ccc2ccccc2c1)C(=O)Nc1ccccc1[N+](=O)[O-]. The van der Waals surface area contributed by atoms with Crippen molar-refractivity contribution in [3.05, 3.63) is 82.4 Å². The normalized spacial score (nSPS) is 11.6. The van der Waals surface area contributed by atoms with Gasteiger partial charge in [0.15, 0.2) is 6.10 Å². The van der Waals surface area contributed by atoms with Gasteiger partial charge in [0, 0.05) is 6.07 Å². The van der Waals surface area contributed by atoms with E-state index in [0.717, 1.165) is 10.8 Å². The van der Waals surface area contributed by atoms with Gasteiger partial charge in [-0.15, -0.1) is 0 Å². The number of amides is 1. The molecule has 136 valence electrons. The van der Waals surface area contributed by atoms with Crippen LogP contribution >= 0.6 is 0 Å². The summed E-state index contributed by atoms with van der Waals surface area (Å²) in [5.41, 5.74) is 0.124. The molecule has 0 fully saturated rings. The number of nitrogens with zero attached hydrogens (tertiary/aromatic N) is 1. The second-order valence-electron chi connectivity index (χ2n) is 5.87. The van der Waals surface area contributed by atoms with Gasteiger partial charge in [0.05, 0.1) is 10.5 Å². The number of benzene rings is 3. The molecule has 1 unspecified atom stereocenters. The van der Waals surface area contributed by atoms with E-state index in [-0.39, 0.29) is 11.4 Å². The molecule has 0 spiro atoms. The van der Waals surface area contributed by atoms with Crippen molar-refractivity contribution in [2.24, 2.45) is 0 Å². The second-order valence-corrected chi connectivity index (χ2v) is 5.87. The van der Waals surface area contributed by atoms with Gasteiger partial charge in [0.2, 0.25) is 0 Å². The molecule has 3 aromatic rings. The lowest BCUT2D eigenvalue weighted by atomic mass is 10.1. The van der Waals surface area contributed by atoms with Gasteiger partial charge in [-0.2, -0.15) is 0 Å². The quantitative estimate of drug-likeness (QED) is 0.420. The maximum atomic E-state index is 12.3. The number of hydrogen-bond donors (Lipinski definition) is 1. The molecule has 0 aliphatic rings.